The minimum atomic E-state index is -0.230. The van der Waals surface area contributed by atoms with Gasteiger partial charge in [-0.2, -0.15) is 5.10 Å². The maximum Gasteiger partial charge on any atom is 0.309 e. The predicted octanol–water partition coefficient (Wildman–Crippen LogP) is 4.26. The first-order chi connectivity index (χ1) is 16.9. The van der Waals surface area contributed by atoms with Gasteiger partial charge in [0.1, 0.15) is 5.75 Å². The van der Waals surface area contributed by atoms with Gasteiger partial charge in [-0.15, -0.1) is 0 Å². The Bertz CT molecular complexity index is 1110. The third kappa shape index (κ3) is 5.56. The minimum Gasteiger partial charge on any atom is -0.496 e. The fourth-order valence-corrected chi connectivity index (χ4v) is 5.08. The molecular weight excluding hydrogens is 442 g/mol. The number of methoxy groups -OCH3 is 1. The lowest BCUT2D eigenvalue weighted by atomic mass is 9.94. The van der Waals surface area contributed by atoms with Crippen molar-refractivity contribution in [2.24, 2.45) is 11.0 Å². The van der Waals surface area contributed by atoms with Crippen LogP contribution < -0.4 is 4.74 Å². The van der Waals surface area contributed by atoms with Gasteiger partial charge in [-0.25, -0.2) is 5.01 Å². The van der Waals surface area contributed by atoms with E-state index < -0.39 is 0 Å². The molecule has 2 aromatic rings. The first-order valence-corrected chi connectivity index (χ1v) is 12.4. The van der Waals surface area contributed by atoms with E-state index in [1.54, 1.807) is 12.1 Å². The fraction of sp³-hybridized carbons (Fsp3) is 0.464. The van der Waals surface area contributed by atoms with Crippen LogP contribution in [0.2, 0.25) is 0 Å². The van der Waals surface area contributed by atoms with Crippen LogP contribution in [0.3, 0.4) is 0 Å². The van der Waals surface area contributed by atoms with Crippen LogP contribution in [-0.2, 0) is 14.3 Å². The van der Waals surface area contributed by atoms with Gasteiger partial charge in [0.25, 0.3) is 5.91 Å². The summed E-state index contributed by atoms with van der Waals surface area (Å²) in [5.41, 5.74) is 5.28. The van der Waals surface area contributed by atoms with Crippen LogP contribution in [0.15, 0.2) is 47.6 Å². The summed E-state index contributed by atoms with van der Waals surface area (Å²) in [6, 6.07) is 13.9. The highest BCUT2D eigenvalue weighted by Gasteiger charge is 2.36. The lowest BCUT2D eigenvalue weighted by molar-refractivity contribution is -0.149. The van der Waals surface area contributed by atoms with E-state index in [4.69, 9.17) is 14.6 Å². The van der Waals surface area contributed by atoms with E-state index in [0.717, 1.165) is 28.2 Å². The summed E-state index contributed by atoms with van der Waals surface area (Å²) in [5, 5.41) is 6.50. The highest BCUT2D eigenvalue weighted by Crippen LogP contribution is 2.38. The average Bonchev–Trinajstić information content (AvgIpc) is 3.29. The molecule has 1 atom stereocenters. The SMILES string of the molecule is CCOC(=O)C1CCN(CC(=O)N2N=C(c3ccc(C)cc3C)C[C@H]2c2ccccc2OC)CC1. The number of hydrogen-bond donors (Lipinski definition) is 0. The molecule has 1 saturated heterocycles. The largest absolute Gasteiger partial charge is 0.496 e. The van der Waals surface area contributed by atoms with E-state index in [0.29, 0.717) is 39.0 Å². The van der Waals surface area contributed by atoms with Crippen molar-refractivity contribution in [3.05, 3.63) is 64.7 Å². The second-order valence-electron chi connectivity index (χ2n) is 9.37. The van der Waals surface area contributed by atoms with Gasteiger partial charge >= 0.3 is 5.97 Å². The number of benzene rings is 2. The molecule has 1 amide bonds. The summed E-state index contributed by atoms with van der Waals surface area (Å²) < 4.78 is 10.8. The molecule has 7 nitrogen and oxygen atoms in total. The number of hydrogen-bond acceptors (Lipinski definition) is 6. The van der Waals surface area contributed by atoms with E-state index in [9.17, 15) is 9.59 Å². The summed E-state index contributed by atoms with van der Waals surface area (Å²) in [7, 11) is 1.65. The van der Waals surface area contributed by atoms with Gasteiger partial charge in [0.2, 0.25) is 0 Å². The molecule has 0 spiro atoms. The molecule has 35 heavy (non-hydrogen) atoms. The number of amides is 1. The summed E-state index contributed by atoms with van der Waals surface area (Å²) in [6.45, 7) is 8.04. The van der Waals surface area contributed by atoms with Crippen molar-refractivity contribution in [3.8, 4) is 5.75 Å². The molecule has 0 saturated carbocycles. The van der Waals surface area contributed by atoms with Crippen LogP contribution in [0.4, 0.5) is 0 Å². The molecule has 2 heterocycles. The van der Waals surface area contributed by atoms with Gasteiger partial charge in [0.05, 0.1) is 37.9 Å². The third-order valence-corrected chi connectivity index (χ3v) is 6.92. The first kappa shape index (κ1) is 24.9. The Kier molecular flexibility index (Phi) is 7.86. The quantitative estimate of drug-likeness (QED) is 0.557. The van der Waals surface area contributed by atoms with Crippen molar-refractivity contribution in [1.29, 1.82) is 0 Å². The van der Waals surface area contributed by atoms with Crippen molar-refractivity contribution in [2.45, 2.75) is 46.1 Å². The summed E-state index contributed by atoms with van der Waals surface area (Å²) in [6.07, 6.45) is 2.04. The number of carbonyl (C=O) groups excluding carboxylic acids is 2. The highest BCUT2D eigenvalue weighted by molar-refractivity contribution is 6.04. The zero-order valence-electron chi connectivity index (χ0n) is 21.1. The molecule has 2 aliphatic heterocycles. The molecule has 2 aliphatic rings. The maximum absolute atomic E-state index is 13.6. The number of nitrogens with zero attached hydrogens (tertiary/aromatic N) is 3. The molecule has 186 valence electrons. The average molecular weight is 478 g/mol. The van der Waals surface area contributed by atoms with E-state index in [-0.39, 0.29) is 30.4 Å². The van der Waals surface area contributed by atoms with Gasteiger partial charge in [-0.3, -0.25) is 14.5 Å². The van der Waals surface area contributed by atoms with Gasteiger partial charge in [0.15, 0.2) is 0 Å². The van der Waals surface area contributed by atoms with Crippen LogP contribution in [-0.4, -0.2) is 60.8 Å². The monoisotopic (exact) mass is 477 g/mol. The van der Waals surface area contributed by atoms with Crippen LogP contribution in [0.5, 0.6) is 5.75 Å². The number of carbonyl (C=O) groups is 2. The van der Waals surface area contributed by atoms with Gasteiger partial charge in [-0.1, -0.05) is 42.0 Å². The van der Waals surface area contributed by atoms with Crippen molar-refractivity contribution in [2.75, 3.05) is 33.4 Å². The van der Waals surface area contributed by atoms with Crippen molar-refractivity contribution < 1.29 is 19.1 Å². The second-order valence-corrected chi connectivity index (χ2v) is 9.37. The van der Waals surface area contributed by atoms with Crippen LogP contribution in [0.1, 0.15) is 54.5 Å². The summed E-state index contributed by atoms with van der Waals surface area (Å²) >= 11 is 0. The normalized spacial score (nSPS) is 18.9. The Morgan fingerprint density at radius 1 is 1.09 bits per heavy atom. The van der Waals surface area contributed by atoms with Crippen LogP contribution in [0, 0.1) is 19.8 Å². The molecule has 0 aliphatic carbocycles. The van der Waals surface area contributed by atoms with Gasteiger partial charge in [0, 0.05) is 17.5 Å². The van der Waals surface area contributed by atoms with Crippen molar-refractivity contribution in [1.82, 2.24) is 9.91 Å². The molecule has 0 aromatic heterocycles. The predicted molar refractivity (Wildman–Crippen MR) is 135 cm³/mol. The number of para-hydroxylation sites is 1. The van der Waals surface area contributed by atoms with Crippen LogP contribution in [0.25, 0.3) is 0 Å². The standard InChI is InChI=1S/C28H35N3O4/c1-5-35-28(33)21-12-14-30(15-13-21)18-27(32)31-25(23-8-6-7-9-26(23)34-4)17-24(29-31)22-11-10-19(2)16-20(22)3/h6-11,16,21,25H,5,12-15,17-18H2,1-4H3/t25-/m0/s1. The van der Waals surface area contributed by atoms with Crippen molar-refractivity contribution >= 4 is 17.6 Å². The Morgan fingerprint density at radius 3 is 2.51 bits per heavy atom. The number of esters is 1. The molecule has 7 heteroatoms. The molecule has 2 aromatic carbocycles. The minimum absolute atomic E-state index is 0.0461. The Labute approximate surface area is 207 Å². The Morgan fingerprint density at radius 2 is 1.83 bits per heavy atom. The molecule has 0 N–H and O–H groups in total. The highest BCUT2D eigenvalue weighted by atomic mass is 16.5. The molecule has 4 rings (SSSR count). The number of likely N-dealkylation sites (tertiary alicyclic amines) is 1. The Hall–Kier alpha value is -3.19. The topological polar surface area (TPSA) is 71.4 Å². The number of rotatable bonds is 7. The fourth-order valence-electron chi connectivity index (χ4n) is 5.08. The van der Waals surface area contributed by atoms with E-state index in [2.05, 4.69) is 36.9 Å². The van der Waals surface area contributed by atoms with Gasteiger partial charge < -0.3 is 9.47 Å². The second kappa shape index (κ2) is 11.0. The number of ether oxygens (including phenoxy) is 2. The lowest BCUT2D eigenvalue weighted by Crippen LogP contribution is -2.43. The van der Waals surface area contributed by atoms with E-state index >= 15 is 0 Å². The molecule has 0 unspecified atom stereocenters. The number of aryl methyl sites for hydroxylation is 2. The molecule has 0 radical (unpaired) electrons. The maximum atomic E-state index is 13.6. The summed E-state index contributed by atoms with van der Waals surface area (Å²) in [4.78, 5) is 27.8. The first-order valence-electron chi connectivity index (χ1n) is 12.4. The van der Waals surface area contributed by atoms with Crippen molar-refractivity contribution in [3.63, 3.8) is 0 Å². The molecular formula is C28H35N3O4. The van der Waals surface area contributed by atoms with E-state index in [1.165, 1.54) is 5.56 Å². The summed E-state index contributed by atoms with van der Waals surface area (Å²) in [5.74, 6) is 0.499. The third-order valence-electron chi connectivity index (χ3n) is 6.92. The number of hydrazone groups is 1. The number of piperidine rings is 1. The van der Waals surface area contributed by atoms with E-state index in [1.807, 2.05) is 31.2 Å². The molecule has 1 fully saturated rings. The lowest BCUT2D eigenvalue weighted by Gasteiger charge is -2.32. The Balaban J connectivity index is 1.54. The zero-order valence-corrected chi connectivity index (χ0v) is 21.1. The smallest absolute Gasteiger partial charge is 0.309 e. The zero-order chi connectivity index (χ0) is 24.9. The van der Waals surface area contributed by atoms with Crippen LogP contribution >= 0.6 is 0 Å². The van der Waals surface area contributed by atoms with Gasteiger partial charge in [-0.05, 0) is 58.3 Å². The molecule has 0 bridgehead atoms.